The molecule has 4 rings (SSSR count). The summed E-state index contributed by atoms with van der Waals surface area (Å²) in [6.45, 7) is 5.62. The number of hydrogen-bond acceptors (Lipinski definition) is 6. The van der Waals surface area contributed by atoms with Gasteiger partial charge in [-0.15, -0.1) is 23.1 Å². The first-order chi connectivity index (χ1) is 15.3. The van der Waals surface area contributed by atoms with Gasteiger partial charge in [0, 0.05) is 29.0 Å². The summed E-state index contributed by atoms with van der Waals surface area (Å²) >= 11 is 2.81. The minimum atomic E-state index is -0.462. The summed E-state index contributed by atoms with van der Waals surface area (Å²) in [4.78, 5) is 46.5. The predicted octanol–water partition coefficient (Wildman–Crippen LogP) is 3.18. The molecule has 0 radical (unpaired) electrons. The molecule has 4 aromatic rings. The molecule has 3 aromatic heterocycles. The van der Waals surface area contributed by atoms with Crippen LogP contribution in [-0.4, -0.2) is 31.6 Å². The number of amides is 2. The van der Waals surface area contributed by atoms with Crippen molar-refractivity contribution in [2.24, 2.45) is 7.05 Å². The van der Waals surface area contributed by atoms with Crippen molar-refractivity contribution in [3.8, 4) is 0 Å². The second-order valence-corrected chi connectivity index (χ2v) is 10.1. The van der Waals surface area contributed by atoms with Gasteiger partial charge in [0.05, 0.1) is 22.0 Å². The number of aryl methyl sites for hydroxylation is 3. The maximum absolute atomic E-state index is 12.6. The predicted molar refractivity (Wildman–Crippen MR) is 129 cm³/mol. The quantitative estimate of drug-likeness (QED) is 0.389. The van der Waals surface area contributed by atoms with E-state index in [1.165, 1.54) is 23.1 Å². The van der Waals surface area contributed by atoms with E-state index in [-0.39, 0.29) is 17.4 Å². The molecular formula is C22H23N5O3S2. The van der Waals surface area contributed by atoms with Crippen molar-refractivity contribution in [1.82, 2.24) is 25.4 Å². The normalized spacial score (nSPS) is 12.2. The van der Waals surface area contributed by atoms with Crippen LogP contribution in [-0.2, 0) is 17.6 Å². The number of para-hydroxylation sites is 1. The van der Waals surface area contributed by atoms with E-state index in [1.54, 1.807) is 13.1 Å². The van der Waals surface area contributed by atoms with Crippen LogP contribution in [0.5, 0.6) is 0 Å². The molecule has 166 valence electrons. The van der Waals surface area contributed by atoms with Crippen LogP contribution in [0.25, 0.3) is 21.1 Å². The van der Waals surface area contributed by atoms with Crippen molar-refractivity contribution in [1.29, 1.82) is 0 Å². The molecule has 1 aromatic carbocycles. The Balaban J connectivity index is 1.36. The van der Waals surface area contributed by atoms with Crippen LogP contribution in [0.1, 0.15) is 33.5 Å². The minimum Gasteiger partial charge on any atom is -0.350 e. The van der Waals surface area contributed by atoms with Crippen LogP contribution in [0.15, 0.2) is 35.3 Å². The first-order valence-corrected chi connectivity index (χ1v) is 11.9. The van der Waals surface area contributed by atoms with E-state index in [0.29, 0.717) is 27.4 Å². The fourth-order valence-corrected chi connectivity index (χ4v) is 5.26. The summed E-state index contributed by atoms with van der Waals surface area (Å²) in [5.41, 5.74) is 7.18. The van der Waals surface area contributed by atoms with Crippen molar-refractivity contribution in [3.63, 3.8) is 0 Å². The van der Waals surface area contributed by atoms with Gasteiger partial charge < -0.3 is 9.55 Å². The summed E-state index contributed by atoms with van der Waals surface area (Å²) < 4.78 is 1.87. The monoisotopic (exact) mass is 469 g/mol. The molecule has 0 aliphatic rings. The number of aromatic nitrogens is 3. The third-order valence-corrected chi connectivity index (χ3v) is 7.62. The van der Waals surface area contributed by atoms with Crippen LogP contribution in [0.4, 0.5) is 0 Å². The number of H-pyrrole nitrogens is 1. The third kappa shape index (κ3) is 4.15. The number of nitrogens with one attached hydrogen (secondary N) is 3. The van der Waals surface area contributed by atoms with Gasteiger partial charge in [-0.1, -0.05) is 18.2 Å². The lowest BCUT2D eigenvalue weighted by molar-refractivity contribution is -0.121. The molecule has 10 heteroatoms. The highest BCUT2D eigenvalue weighted by molar-refractivity contribution is 7.99. The first kappa shape index (κ1) is 22.1. The highest BCUT2D eigenvalue weighted by atomic mass is 32.2. The topological polar surface area (TPSA) is 109 Å². The molecule has 8 nitrogen and oxygen atoms in total. The van der Waals surface area contributed by atoms with Crippen molar-refractivity contribution >= 4 is 56.0 Å². The van der Waals surface area contributed by atoms with Crippen LogP contribution < -0.4 is 16.4 Å². The van der Waals surface area contributed by atoms with E-state index < -0.39 is 5.25 Å². The number of benzene rings is 1. The van der Waals surface area contributed by atoms with Crippen LogP contribution in [0.2, 0.25) is 0 Å². The van der Waals surface area contributed by atoms with Crippen LogP contribution in [0, 0.1) is 13.8 Å². The number of carbonyl (C=O) groups excluding carboxylic acids is 2. The Morgan fingerprint density at radius 1 is 1.25 bits per heavy atom. The Labute approximate surface area is 192 Å². The second-order valence-electron chi connectivity index (χ2n) is 7.54. The molecule has 0 aliphatic carbocycles. The standard InChI is InChI=1S/C22H23N5O3S2/c1-11-12(2)32-22-18(11)21(30)23-17(24-22)10-31-13(3)19(28)25-26-20(29)15-9-27(4)16-8-6-5-7-14(15)16/h5-9,13H,10H2,1-4H3,(H,25,28)(H,26,29)(H,23,24,30). The molecule has 0 saturated heterocycles. The molecular weight excluding hydrogens is 446 g/mol. The average molecular weight is 470 g/mol. The number of nitrogens with zero attached hydrogens (tertiary/aromatic N) is 2. The number of hydrazine groups is 1. The molecule has 0 fully saturated rings. The van der Waals surface area contributed by atoms with Crippen molar-refractivity contribution in [2.45, 2.75) is 31.8 Å². The van der Waals surface area contributed by atoms with Crippen LogP contribution >= 0.6 is 23.1 Å². The van der Waals surface area contributed by atoms with Crippen molar-refractivity contribution in [3.05, 3.63) is 62.6 Å². The average Bonchev–Trinajstić information content (AvgIpc) is 3.26. The van der Waals surface area contributed by atoms with E-state index in [0.717, 1.165) is 21.3 Å². The third-order valence-electron chi connectivity index (χ3n) is 5.37. The molecule has 2 amide bonds. The van der Waals surface area contributed by atoms with Gasteiger partial charge in [-0.2, -0.15) is 0 Å². The lowest BCUT2D eigenvalue weighted by Crippen LogP contribution is -2.44. The fourth-order valence-electron chi connectivity index (χ4n) is 3.46. The molecule has 0 aliphatic heterocycles. The largest absolute Gasteiger partial charge is 0.350 e. The summed E-state index contributed by atoms with van der Waals surface area (Å²) in [6.07, 6.45) is 1.73. The molecule has 0 saturated carbocycles. The Morgan fingerprint density at radius 2 is 2.00 bits per heavy atom. The zero-order chi connectivity index (χ0) is 23.0. The zero-order valence-electron chi connectivity index (χ0n) is 18.1. The van der Waals surface area contributed by atoms with Gasteiger partial charge in [0.2, 0.25) is 0 Å². The minimum absolute atomic E-state index is 0.160. The number of aromatic amines is 1. The van der Waals surface area contributed by atoms with E-state index >= 15 is 0 Å². The number of carbonyl (C=O) groups is 2. The van der Waals surface area contributed by atoms with Gasteiger partial charge >= 0.3 is 0 Å². The number of thiophene rings is 1. The van der Waals surface area contributed by atoms with Gasteiger partial charge in [0.1, 0.15) is 10.7 Å². The molecule has 0 spiro atoms. The van der Waals surface area contributed by atoms with Crippen molar-refractivity contribution < 1.29 is 9.59 Å². The summed E-state index contributed by atoms with van der Waals surface area (Å²) in [7, 11) is 1.87. The molecule has 3 heterocycles. The summed E-state index contributed by atoms with van der Waals surface area (Å²) in [6, 6.07) is 7.57. The SMILES string of the molecule is Cc1sc2nc(CSC(C)C(=O)NNC(=O)c3cn(C)c4ccccc34)[nH]c(=O)c2c1C. The maximum atomic E-state index is 12.6. The van der Waals surface area contributed by atoms with Gasteiger partial charge in [-0.05, 0) is 32.4 Å². The second kappa shape index (κ2) is 8.79. The fraction of sp³-hybridized carbons (Fsp3) is 0.273. The van der Waals surface area contributed by atoms with E-state index in [9.17, 15) is 14.4 Å². The summed E-state index contributed by atoms with van der Waals surface area (Å²) in [5, 5.41) is 0.979. The maximum Gasteiger partial charge on any atom is 0.271 e. The Hall–Kier alpha value is -3.11. The molecule has 3 N–H and O–H groups in total. The highest BCUT2D eigenvalue weighted by Gasteiger charge is 2.18. The number of rotatable bonds is 5. The van der Waals surface area contributed by atoms with E-state index in [2.05, 4.69) is 20.8 Å². The van der Waals surface area contributed by atoms with Gasteiger partial charge in [-0.3, -0.25) is 25.2 Å². The van der Waals surface area contributed by atoms with Gasteiger partial charge in [0.25, 0.3) is 17.4 Å². The molecule has 32 heavy (non-hydrogen) atoms. The lowest BCUT2D eigenvalue weighted by atomic mass is 10.2. The lowest BCUT2D eigenvalue weighted by Gasteiger charge is -2.12. The molecule has 1 atom stereocenters. The molecule has 0 bridgehead atoms. The smallest absolute Gasteiger partial charge is 0.271 e. The zero-order valence-corrected chi connectivity index (χ0v) is 19.7. The number of thioether (sulfide) groups is 1. The number of hydrogen-bond donors (Lipinski definition) is 3. The Kier molecular flexibility index (Phi) is 6.07. The highest BCUT2D eigenvalue weighted by Crippen LogP contribution is 2.26. The molecule has 1 unspecified atom stereocenters. The Morgan fingerprint density at radius 3 is 2.78 bits per heavy atom. The van der Waals surface area contributed by atoms with Crippen LogP contribution in [0.3, 0.4) is 0 Å². The van der Waals surface area contributed by atoms with E-state index in [1.807, 2.05) is 49.7 Å². The van der Waals surface area contributed by atoms with E-state index in [4.69, 9.17) is 0 Å². The number of fused-ring (bicyclic) bond motifs is 2. The van der Waals surface area contributed by atoms with Gasteiger partial charge in [0.15, 0.2) is 0 Å². The van der Waals surface area contributed by atoms with Gasteiger partial charge in [-0.25, -0.2) is 4.98 Å². The first-order valence-electron chi connectivity index (χ1n) is 10.0. The summed E-state index contributed by atoms with van der Waals surface area (Å²) in [5.74, 6) is 0.169. The van der Waals surface area contributed by atoms with Crippen molar-refractivity contribution in [2.75, 3.05) is 0 Å². The Bertz CT molecular complexity index is 1400.